The second kappa shape index (κ2) is 65.1. The summed E-state index contributed by atoms with van der Waals surface area (Å²) in [7, 11) is 1.31. The Hall–Kier alpha value is -2.32. The lowest BCUT2D eigenvalue weighted by Crippen LogP contribution is -2.46. The summed E-state index contributed by atoms with van der Waals surface area (Å²) >= 11 is 0. The van der Waals surface area contributed by atoms with E-state index < -0.39 is 20.0 Å². The van der Waals surface area contributed by atoms with Crippen molar-refractivity contribution in [3.8, 4) is 0 Å². The summed E-state index contributed by atoms with van der Waals surface area (Å²) in [6.07, 6.45) is 92.3. The maximum absolute atomic E-state index is 13.1. The third-order valence-electron chi connectivity index (χ3n) is 16.1. The van der Waals surface area contributed by atoms with E-state index in [1.165, 1.54) is 225 Å². The number of amides is 1. The molecule has 0 aromatic rings. The summed E-state index contributed by atoms with van der Waals surface area (Å²) in [6, 6.07) is -0.807. The first-order valence-electron chi connectivity index (χ1n) is 35.9. The molecule has 0 saturated heterocycles. The smallest absolute Gasteiger partial charge is 0.268 e. The Morgan fingerprint density at radius 1 is 0.429 bits per heavy atom. The van der Waals surface area contributed by atoms with Crippen molar-refractivity contribution in [3.05, 3.63) is 85.1 Å². The average molecular weight is 1200 g/mol. The van der Waals surface area contributed by atoms with Crippen LogP contribution in [0.2, 0.25) is 0 Å². The number of hydrogen-bond acceptors (Lipinski definition) is 6. The molecule has 9 heteroatoms. The summed E-state index contributed by atoms with van der Waals surface area (Å²) in [5.41, 5.74) is 0. The van der Waals surface area contributed by atoms with Gasteiger partial charge < -0.3 is 28.8 Å². The molecule has 0 spiro atoms. The number of allylic oxidation sites excluding steroid dienone is 14. The molecule has 0 aliphatic carbocycles. The van der Waals surface area contributed by atoms with E-state index in [0.717, 1.165) is 83.5 Å². The van der Waals surface area contributed by atoms with Gasteiger partial charge in [-0.25, -0.2) is 0 Å². The normalized spacial score (nSPS) is 14.1. The fourth-order valence-corrected chi connectivity index (χ4v) is 11.3. The third kappa shape index (κ3) is 67.2. The number of unbranched alkanes of at least 4 members (excludes halogenated alkanes) is 39. The zero-order chi connectivity index (χ0) is 61.2. The van der Waals surface area contributed by atoms with Crippen LogP contribution in [0, 0.1) is 0 Å². The van der Waals surface area contributed by atoms with Gasteiger partial charge in [-0.2, -0.15) is 0 Å². The predicted molar refractivity (Wildman–Crippen MR) is 367 cm³/mol. The van der Waals surface area contributed by atoms with Gasteiger partial charge in [0.05, 0.1) is 39.9 Å². The van der Waals surface area contributed by atoms with Crippen LogP contribution < -0.4 is 10.2 Å². The van der Waals surface area contributed by atoms with Crippen molar-refractivity contribution >= 4 is 13.7 Å². The maximum Gasteiger partial charge on any atom is 0.268 e. The number of rotatable bonds is 66. The van der Waals surface area contributed by atoms with Crippen LogP contribution in [0.1, 0.15) is 335 Å². The van der Waals surface area contributed by atoms with Gasteiger partial charge in [-0.05, 0) is 70.6 Å². The highest BCUT2D eigenvalue weighted by molar-refractivity contribution is 7.45. The molecule has 8 nitrogen and oxygen atoms in total. The van der Waals surface area contributed by atoms with E-state index >= 15 is 0 Å². The number of phosphoric ester groups is 1. The Morgan fingerprint density at radius 2 is 0.726 bits per heavy atom. The largest absolute Gasteiger partial charge is 0.756 e. The number of likely N-dealkylation sites (N-methyl/N-ethyl adjacent to an activating group) is 1. The van der Waals surface area contributed by atoms with E-state index in [2.05, 4.69) is 104 Å². The highest BCUT2D eigenvalue weighted by Gasteiger charge is 2.24. The topological polar surface area (TPSA) is 108 Å². The zero-order valence-corrected chi connectivity index (χ0v) is 57.0. The first-order valence-corrected chi connectivity index (χ1v) is 37.4. The van der Waals surface area contributed by atoms with Gasteiger partial charge in [0.15, 0.2) is 0 Å². The molecule has 0 aromatic heterocycles. The Bertz CT molecular complexity index is 1650. The summed E-state index contributed by atoms with van der Waals surface area (Å²) in [5.74, 6) is -0.164. The quantitative estimate of drug-likeness (QED) is 0.0272. The lowest BCUT2D eigenvalue weighted by molar-refractivity contribution is -0.870. The van der Waals surface area contributed by atoms with Crippen LogP contribution in [-0.2, 0) is 18.4 Å². The number of phosphoric acid groups is 1. The Kier molecular flexibility index (Phi) is 63.3. The van der Waals surface area contributed by atoms with Gasteiger partial charge in [0.25, 0.3) is 7.82 Å². The number of carbonyl (C=O) groups excluding carboxylic acids is 1. The van der Waals surface area contributed by atoms with Gasteiger partial charge in [0, 0.05) is 6.42 Å². The number of hydrogen-bond donors (Lipinski definition) is 2. The molecule has 0 fully saturated rings. The third-order valence-corrected chi connectivity index (χ3v) is 17.1. The molecular formula is C75H139N2O6P. The number of aliphatic hydroxyl groups is 1. The minimum atomic E-state index is -4.59. The van der Waals surface area contributed by atoms with Crippen LogP contribution in [0.25, 0.3) is 0 Å². The molecule has 490 valence electrons. The molecule has 3 atom stereocenters. The molecule has 2 N–H and O–H groups in total. The van der Waals surface area contributed by atoms with Crippen LogP contribution in [0.3, 0.4) is 0 Å². The van der Waals surface area contributed by atoms with Gasteiger partial charge in [-0.15, -0.1) is 0 Å². The summed E-state index contributed by atoms with van der Waals surface area (Å²) in [4.78, 5) is 25.7. The molecule has 0 aromatic carbocycles. The van der Waals surface area contributed by atoms with E-state index in [1.807, 2.05) is 21.1 Å². The molecule has 0 rings (SSSR count). The lowest BCUT2D eigenvalue weighted by Gasteiger charge is -2.30. The highest BCUT2D eigenvalue weighted by atomic mass is 31.2. The van der Waals surface area contributed by atoms with E-state index in [9.17, 15) is 19.4 Å². The molecule has 0 saturated carbocycles. The van der Waals surface area contributed by atoms with Crippen molar-refractivity contribution < 1.29 is 32.9 Å². The van der Waals surface area contributed by atoms with Crippen LogP contribution >= 0.6 is 7.82 Å². The first-order chi connectivity index (χ1) is 41.0. The lowest BCUT2D eigenvalue weighted by atomic mass is 10.0. The molecule has 0 radical (unpaired) electrons. The molecule has 0 aliphatic heterocycles. The summed E-state index contributed by atoms with van der Waals surface area (Å²) in [5, 5.41) is 14.1. The standard InChI is InChI=1S/C75H139N2O6P/c1-6-8-10-12-14-16-18-20-22-24-26-28-30-32-34-35-36-37-38-39-40-41-43-45-47-49-51-53-55-57-59-61-63-65-67-69-75(79)76-73(72-83-84(80,81)82-71-70-77(3,4)5)74(78)68-66-64-62-60-58-56-54-52-50-48-46-44-42-33-31-29-27-25-23-21-19-17-15-13-11-9-7-2/h8,10,14,16,20,22,26,28,32,34,36-37,39-40,73-74,78H,6-7,9,11-13,15,17-19,21,23-25,27,29-31,33,35,38,41-72H2,1-5H3,(H-,76,79,80,81)/b10-8-,16-14-,22-20-,28-26-,34-32-,37-36-,40-39-. The molecule has 3 unspecified atom stereocenters. The van der Waals surface area contributed by atoms with Crippen LogP contribution in [0.5, 0.6) is 0 Å². The van der Waals surface area contributed by atoms with Crippen molar-refractivity contribution in [2.24, 2.45) is 0 Å². The second-order valence-corrected chi connectivity index (χ2v) is 27.0. The highest BCUT2D eigenvalue weighted by Crippen LogP contribution is 2.38. The Labute approximate surface area is 522 Å². The van der Waals surface area contributed by atoms with Gasteiger partial charge in [-0.1, -0.05) is 343 Å². The molecule has 0 aliphatic rings. The molecule has 84 heavy (non-hydrogen) atoms. The summed E-state index contributed by atoms with van der Waals surface area (Å²) in [6.45, 7) is 4.65. The van der Waals surface area contributed by atoms with E-state index in [-0.39, 0.29) is 19.1 Å². The van der Waals surface area contributed by atoms with E-state index in [0.29, 0.717) is 23.9 Å². The van der Waals surface area contributed by atoms with Gasteiger partial charge >= 0.3 is 0 Å². The fraction of sp³-hybridized carbons (Fsp3) is 0.800. The molecular weight excluding hydrogens is 1060 g/mol. The maximum atomic E-state index is 13.1. The summed E-state index contributed by atoms with van der Waals surface area (Å²) < 4.78 is 23.6. The van der Waals surface area contributed by atoms with Gasteiger partial charge in [0.2, 0.25) is 5.91 Å². The fourth-order valence-electron chi connectivity index (χ4n) is 10.6. The van der Waals surface area contributed by atoms with Crippen molar-refractivity contribution in [1.29, 1.82) is 0 Å². The second-order valence-electron chi connectivity index (χ2n) is 25.6. The van der Waals surface area contributed by atoms with Gasteiger partial charge in [0.1, 0.15) is 13.2 Å². The van der Waals surface area contributed by atoms with Crippen molar-refractivity contribution in [2.75, 3.05) is 40.9 Å². The van der Waals surface area contributed by atoms with E-state index in [1.54, 1.807) is 0 Å². The number of nitrogens with one attached hydrogen (secondary N) is 1. The van der Waals surface area contributed by atoms with Crippen LogP contribution in [-0.4, -0.2) is 68.5 Å². The number of nitrogens with zero attached hydrogens (tertiary/aromatic N) is 1. The monoisotopic (exact) mass is 1200 g/mol. The SMILES string of the molecule is CC/C=C\C/C=C\C/C=C\C/C=C\C/C=C\C/C=C\C/C=C\CCCCCCCCCCCCCCCC(=O)NC(COP(=O)([O-])OCC[N+](C)(C)C)C(O)CCCCCCCCCCCCCCCCCCCCCCCCCCCCC. The minimum Gasteiger partial charge on any atom is -0.756 e. The predicted octanol–water partition coefficient (Wildman–Crippen LogP) is 22.5. The van der Waals surface area contributed by atoms with Crippen molar-refractivity contribution in [2.45, 2.75) is 347 Å². The molecule has 0 bridgehead atoms. The minimum absolute atomic E-state index is 0.0102. The first kappa shape index (κ1) is 81.7. The van der Waals surface area contributed by atoms with Crippen molar-refractivity contribution in [3.63, 3.8) is 0 Å². The molecule has 0 heterocycles. The number of aliphatic hydroxyl groups excluding tert-OH is 1. The van der Waals surface area contributed by atoms with Crippen LogP contribution in [0.4, 0.5) is 0 Å². The van der Waals surface area contributed by atoms with E-state index in [4.69, 9.17) is 9.05 Å². The Morgan fingerprint density at radius 3 is 1.06 bits per heavy atom. The van der Waals surface area contributed by atoms with Crippen LogP contribution in [0.15, 0.2) is 85.1 Å². The van der Waals surface area contributed by atoms with Gasteiger partial charge in [-0.3, -0.25) is 9.36 Å². The number of quaternary nitrogens is 1. The van der Waals surface area contributed by atoms with Crippen molar-refractivity contribution in [1.82, 2.24) is 5.32 Å². The Balaban J connectivity index is 4.04. The molecule has 1 amide bonds. The zero-order valence-electron chi connectivity index (χ0n) is 56.1. The average Bonchev–Trinajstić information content (AvgIpc) is 3.56. The number of carbonyl (C=O) groups is 1.